The molecule has 0 saturated carbocycles. The van der Waals surface area contributed by atoms with Crippen LogP contribution in [0.5, 0.6) is 0 Å². The van der Waals surface area contributed by atoms with Gasteiger partial charge in [-0.1, -0.05) is 6.07 Å². The van der Waals surface area contributed by atoms with Gasteiger partial charge >= 0.3 is 0 Å². The van der Waals surface area contributed by atoms with E-state index in [0.29, 0.717) is 23.6 Å². The molecular weight excluding hydrogens is 456 g/mol. The molecule has 1 aromatic carbocycles. The first-order valence-corrected chi connectivity index (χ1v) is 12.4. The topological polar surface area (TPSA) is 66.5 Å². The number of thioether (sulfide) groups is 1. The summed E-state index contributed by atoms with van der Waals surface area (Å²) in [5.41, 5.74) is 0.740. The van der Waals surface area contributed by atoms with Crippen LogP contribution in [0.3, 0.4) is 0 Å². The maximum atomic E-state index is 12.8. The summed E-state index contributed by atoms with van der Waals surface area (Å²) < 4.78 is 28.1. The van der Waals surface area contributed by atoms with Gasteiger partial charge < -0.3 is 5.32 Å². The Morgan fingerprint density at radius 1 is 1.35 bits per heavy atom. The normalized spacial score (nSPS) is 18.6. The summed E-state index contributed by atoms with van der Waals surface area (Å²) in [5, 5.41) is 2.92. The summed E-state index contributed by atoms with van der Waals surface area (Å²) in [5.74, 6) is -0.477. The van der Waals surface area contributed by atoms with Crippen molar-refractivity contribution in [1.29, 1.82) is 0 Å². The number of carbonyl (C=O) groups is 1. The zero-order chi connectivity index (χ0) is 18.7. The van der Waals surface area contributed by atoms with Crippen molar-refractivity contribution >= 4 is 60.6 Å². The molecule has 5 nitrogen and oxygen atoms in total. The molecule has 3 rings (SSSR count). The highest BCUT2D eigenvalue weighted by Gasteiger charge is 2.34. The quantitative estimate of drug-likeness (QED) is 0.656. The number of anilines is 1. The number of hydrogen-bond donors (Lipinski definition) is 1. The van der Waals surface area contributed by atoms with E-state index in [0.717, 1.165) is 14.4 Å². The first-order valence-electron chi connectivity index (χ1n) is 8.10. The van der Waals surface area contributed by atoms with E-state index in [1.165, 1.54) is 15.6 Å². The molecule has 2 heterocycles. The average molecular weight is 475 g/mol. The molecule has 0 radical (unpaired) electrons. The molecule has 1 atom stereocenters. The Bertz CT molecular complexity index is 898. The lowest BCUT2D eigenvalue weighted by molar-refractivity contribution is -0.120. The maximum Gasteiger partial charge on any atom is 0.252 e. The molecule has 1 aliphatic rings. The number of halogens is 1. The van der Waals surface area contributed by atoms with Gasteiger partial charge in [-0.25, -0.2) is 8.42 Å². The first kappa shape index (κ1) is 19.9. The maximum absolute atomic E-state index is 12.8. The number of nitrogens with zero attached hydrogens (tertiary/aromatic N) is 1. The minimum absolute atomic E-state index is 0.129. The third kappa shape index (κ3) is 4.51. The van der Waals surface area contributed by atoms with Gasteiger partial charge in [-0.05, 0) is 65.4 Å². The monoisotopic (exact) mass is 474 g/mol. The summed E-state index contributed by atoms with van der Waals surface area (Å²) in [4.78, 5) is 13.7. The third-order valence-electron chi connectivity index (χ3n) is 4.23. The van der Waals surface area contributed by atoms with E-state index in [4.69, 9.17) is 0 Å². The smallest absolute Gasteiger partial charge is 0.252 e. The number of carbonyl (C=O) groups excluding carboxylic acids is 1. The van der Waals surface area contributed by atoms with Crippen LogP contribution in [-0.2, 0) is 14.8 Å². The molecule has 0 spiro atoms. The van der Waals surface area contributed by atoms with Crippen molar-refractivity contribution in [3.8, 4) is 0 Å². The van der Waals surface area contributed by atoms with Crippen molar-refractivity contribution in [1.82, 2.24) is 4.31 Å². The Morgan fingerprint density at radius 2 is 2.15 bits per heavy atom. The fourth-order valence-corrected chi connectivity index (χ4v) is 7.03. The van der Waals surface area contributed by atoms with Crippen LogP contribution in [0.25, 0.3) is 0 Å². The largest absolute Gasteiger partial charge is 0.326 e. The van der Waals surface area contributed by atoms with E-state index in [2.05, 4.69) is 21.2 Å². The van der Waals surface area contributed by atoms with Gasteiger partial charge in [-0.3, -0.25) is 4.79 Å². The highest BCUT2D eigenvalue weighted by Crippen LogP contribution is 2.31. The summed E-state index contributed by atoms with van der Waals surface area (Å²) >= 11 is 6.10. The number of nitrogens with one attached hydrogen (secondary N) is 1. The molecule has 1 amide bonds. The number of rotatable bonds is 5. The molecule has 1 fully saturated rings. The van der Waals surface area contributed by atoms with Crippen LogP contribution in [0, 0.1) is 5.92 Å². The van der Waals surface area contributed by atoms with Gasteiger partial charge in [0.25, 0.3) is 10.0 Å². The number of sulfonamides is 1. The number of thiophene rings is 1. The Labute approximate surface area is 170 Å². The Hall–Kier alpha value is -0.870. The molecule has 1 saturated heterocycles. The van der Waals surface area contributed by atoms with Crippen molar-refractivity contribution in [3.63, 3.8) is 0 Å². The third-order valence-corrected chi connectivity index (χ3v) is 8.92. The predicted molar refractivity (Wildman–Crippen MR) is 110 cm³/mol. The Kier molecular flexibility index (Phi) is 6.45. The van der Waals surface area contributed by atoms with Gasteiger partial charge in [0.05, 0.1) is 9.70 Å². The number of amides is 1. The summed E-state index contributed by atoms with van der Waals surface area (Å²) in [6.07, 6.45) is 3.34. The van der Waals surface area contributed by atoms with Crippen LogP contribution in [0.2, 0.25) is 0 Å². The highest BCUT2D eigenvalue weighted by molar-refractivity contribution is 9.11. The summed E-state index contributed by atoms with van der Waals surface area (Å²) in [6, 6.07) is 11.0. The molecule has 0 bridgehead atoms. The molecule has 0 aliphatic carbocycles. The molecule has 140 valence electrons. The van der Waals surface area contributed by atoms with Gasteiger partial charge in [-0.2, -0.15) is 4.31 Å². The minimum Gasteiger partial charge on any atom is -0.326 e. The zero-order valence-corrected chi connectivity index (χ0v) is 18.2. The van der Waals surface area contributed by atoms with Crippen molar-refractivity contribution in [3.05, 3.63) is 40.2 Å². The van der Waals surface area contributed by atoms with Crippen LogP contribution >= 0.6 is 39.0 Å². The zero-order valence-electron chi connectivity index (χ0n) is 14.1. The second-order valence-electron chi connectivity index (χ2n) is 5.98. The second kappa shape index (κ2) is 8.43. The van der Waals surface area contributed by atoms with Crippen LogP contribution in [0.15, 0.2) is 49.3 Å². The summed E-state index contributed by atoms with van der Waals surface area (Å²) in [6.45, 7) is 0.662. The molecule has 1 aromatic heterocycles. The first-order chi connectivity index (χ1) is 12.4. The molecule has 1 N–H and O–H groups in total. The number of hydrogen-bond acceptors (Lipinski definition) is 5. The molecule has 1 unspecified atom stereocenters. The van der Waals surface area contributed by atoms with Gasteiger partial charge in [0.2, 0.25) is 5.91 Å². The number of piperidine rings is 1. The summed E-state index contributed by atoms with van der Waals surface area (Å²) in [7, 11) is -3.55. The van der Waals surface area contributed by atoms with Gasteiger partial charge in [0.1, 0.15) is 4.21 Å². The molecule has 2 aromatic rings. The van der Waals surface area contributed by atoms with Crippen LogP contribution < -0.4 is 5.32 Å². The SMILES string of the molecule is CSc1cccc(NC(=O)C2CCCN(S(=O)(=O)c3ccc(Br)s3)C2)c1. The van der Waals surface area contributed by atoms with E-state index in [1.54, 1.807) is 23.9 Å². The predicted octanol–water partition coefficient (Wildman–Crippen LogP) is 4.27. The lowest BCUT2D eigenvalue weighted by Crippen LogP contribution is -2.43. The highest BCUT2D eigenvalue weighted by atomic mass is 79.9. The lowest BCUT2D eigenvalue weighted by atomic mass is 9.99. The minimum atomic E-state index is -3.55. The van der Waals surface area contributed by atoms with E-state index in [1.807, 2.05) is 30.5 Å². The molecule has 26 heavy (non-hydrogen) atoms. The van der Waals surface area contributed by atoms with E-state index in [-0.39, 0.29) is 18.4 Å². The Balaban J connectivity index is 1.70. The van der Waals surface area contributed by atoms with Crippen molar-refractivity contribution < 1.29 is 13.2 Å². The van der Waals surface area contributed by atoms with Gasteiger partial charge in [-0.15, -0.1) is 23.1 Å². The van der Waals surface area contributed by atoms with Gasteiger partial charge in [0, 0.05) is 23.7 Å². The fourth-order valence-electron chi connectivity index (χ4n) is 2.88. The van der Waals surface area contributed by atoms with Crippen molar-refractivity contribution in [2.24, 2.45) is 5.92 Å². The van der Waals surface area contributed by atoms with Crippen molar-refractivity contribution in [2.75, 3.05) is 24.7 Å². The molecule has 9 heteroatoms. The van der Waals surface area contributed by atoms with E-state index < -0.39 is 10.0 Å². The fraction of sp³-hybridized carbons (Fsp3) is 0.353. The van der Waals surface area contributed by atoms with E-state index >= 15 is 0 Å². The average Bonchev–Trinajstić information content (AvgIpc) is 3.09. The van der Waals surface area contributed by atoms with Crippen LogP contribution in [-0.4, -0.2) is 38.0 Å². The lowest BCUT2D eigenvalue weighted by Gasteiger charge is -2.30. The molecular formula is C17H19BrN2O3S3. The van der Waals surface area contributed by atoms with E-state index in [9.17, 15) is 13.2 Å². The Morgan fingerprint density at radius 3 is 2.85 bits per heavy atom. The van der Waals surface area contributed by atoms with Crippen molar-refractivity contribution in [2.45, 2.75) is 21.9 Å². The second-order valence-corrected chi connectivity index (χ2v) is 11.5. The molecule has 1 aliphatic heterocycles. The standard InChI is InChI=1S/C17H19BrN2O3S3/c1-24-14-6-2-5-13(10-14)19-17(21)12-4-3-9-20(11-12)26(22,23)16-8-7-15(18)25-16/h2,5-8,10,12H,3-4,9,11H2,1H3,(H,19,21). The van der Waals surface area contributed by atoms with Crippen LogP contribution in [0.4, 0.5) is 5.69 Å². The van der Waals surface area contributed by atoms with Gasteiger partial charge in [0.15, 0.2) is 0 Å². The van der Waals surface area contributed by atoms with Crippen LogP contribution in [0.1, 0.15) is 12.8 Å². The number of benzene rings is 1.